The Hall–Kier alpha value is 0.270. The molecule has 0 amide bonds. The van der Waals surface area contributed by atoms with E-state index in [0.717, 1.165) is 11.3 Å². The predicted octanol–water partition coefficient (Wildman–Crippen LogP) is 1.96. The van der Waals surface area contributed by atoms with Gasteiger partial charge in [0.25, 0.3) is 0 Å². The van der Waals surface area contributed by atoms with Gasteiger partial charge < -0.3 is 5.32 Å². The molecule has 0 aromatic carbocycles. The molecule has 0 radical (unpaired) electrons. The molecule has 0 bridgehead atoms. The van der Waals surface area contributed by atoms with E-state index >= 15 is 0 Å². The third-order valence-corrected chi connectivity index (χ3v) is 4.95. The standard InChI is InChI=1S/C12H24N2S/c1-2-11-9-14(7-6-13-11)10-12-5-3-4-8-15-12/h11-13H,2-10H2,1H3. The summed E-state index contributed by atoms with van der Waals surface area (Å²) in [5, 5.41) is 4.51. The minimum absolute atomic E-state index is 0.743. The fraction of sp³-hybridized carbons (Fsp3) is 1.00. The van der Waals surface area contributed by atoms with Crippen molar-refractivity contribution >= 4 is 11.8 Å². The number of rotatable bonds is 3. The van der Waals surface area contributed by atoms with Crippen LogP contribution in [0.15, 0.2) is 0 Å². The lowest BCUT2D eigenvalue weighted by molar-refractivity contribution is 0.195. The SMILES string of the molecule is CCC1CN(CC2CCCCS2)CCN1. The summed E-state index contributed by atoms with van der Waals surface area (Å²) in [6.07, 6.45) is 5.63. The fourth-order valence-electron chi connectivity index (χ4n) is 2.57. The summed E-state index contributed by atoms with van der Waals surface area (Å²) >= 11 is 2.20. The molecule has 2 fully saturated rings. The van der Waals surface area contributed by atoms with Crippen LogP contribution in [-0.2, 0) is 0 Å². The highest BCUT2D eigenvalue weighted by Crippen LogP contribution is 2.25. The van der Waals surface area contributed by atoms with Crippen molar-refractivity contribution < 1.29 is 0 Å². The second kappa shape index (κ2) is 6.12. The molecule has 1 N–H and O–H groups in total. The average Bonchev–Trinajstić information content (AvgIpc) is 2.31. The van der Waals surface area contributed by atoms with Crippen molar-refractivity contribution in [1.29, 1.82) is 0 Å². The van der Waals surface area contributed by atoms with Crippen LogP contribution in [0.1, 0.15) is 32.6 Å². The molecule has 2 heterocycles. The highest BCUT2D eigenvalue weighted by atomic mass is 32.2. The van der Waals surface area contributed by atoms with E-state index in [2.05, 4.69) is 28.9 Å². The summed E-state index contributed by atoms with van der Waals surface area (Å²) < 4.78 is 0. The summed E-state index contributed by atoms with van der Waals surface area (Å²) in [6, 6.07) is 0.743. The Morgan fingerprint density at radius 3 is 3.07 bits per heavy atom. The Kier molecular flexibility index (Phi) is 4.79. The molecule has 2 unspecified atom stereocenters. The number of nitrogens with zero attached hydrogens (tertiary/aromatic N) is 1. The largest absolute Gasteiger partial charge is 0.311 e. The topological polar surface area (TPSA) is 15.3 Å². The molecule has 88 valence electrons. The van der Waals surface area contributed by atoms with Gasteiger partial charge in [0, 0.05) is 37.5 Å². The first-order chi connectivity index (χ1) is 7.38. The van der Waals surface area contributed by atoms with Crippen LogP contribution in [0.2, 0.25) is 0 Å². The lowest BCUT2D eigenvalue weighted by atomic mass is 10.1. The van der Waals surface area contributed by atoms with E-state index in [1.807, 2.05) is 0 Å². The zero-order chi connectivity index (χ0) is 10.5. The fourth-order valence-corrected chi connectivity index (χ4v) is 3.93. The maximum absolute atomic E-state index is 3.59. The van der Waals surface area contributed by atoms with E-state index in [9.17, 15) is 0 Å². The molecule has 0 aliphatic carbocycles. The smallest absolute Gasteiger partial charge is 0.0192 e. The van der Waals surface area contributed by atoms with Crippen LogP contribution in [0.4, 0.5) is 0 Å². The second-order valence-electron chi connectivity index (χ2n) is 4.81. The Bertz CT molecular complexity index is 180. The first kappa shape index (κ1) is 11.7. The van der Waals surface area contributed by atoms with E-state index in [1.54, 1.807) is 0 Å². The van der Waals surface area contributed by atoms with Crippen LogP contribution in [0.3, 0.4) is 0 Å². The summed E-state index contributed by atoms with van der Waals surface area (Å²) in [7, 11) is 0. The second-order valence-corrected chi connectivity index (χ2v) is 6.22. The van der Waals surface area contributed by atoms with Crippen LogP contribution in [-0.4, -0.2) is 48.1 Å². The zero-order valence-electron chi connectivity index (χ0n) is 9.87. The molecule has 0 spiro atoms. The van der Waals surface area contributed by atoms with Crippen molar-refractivity contribution in [2.75, 3.05) is 31.9 Å². The maximum atomic E-state index is 3.59. The van der Waals surface area contributed by atoms with Crippen LogP contribution in [0, 0.1) is 0 Å². The monoisotopic (exact) mass is 228 g/mol. The van der Waals surface area contributed by atoms with Gasteiger partial charge in [-0.05, 0) is 25.0 Å². The Morgan fingerprint density at radius 2 is 2.33 bits per heavy atom. The molecule has 0 aromatic rings. The molecule has 0 saturated carbocycles. The van der Waals surface area contributed by atoms with Gasteiger partial charge in [-0.15, -0.1) is 0 Å². The average molecular weight is 228 g/mol. The minimum Gasteiger partial charge on any atom is -0.311 e. The quantitative estimate of drug-likeness (QED) is 0.795. The Balaban J connectivity index is 1.72. The van der Waals surface area contributed by atoms with E-state index in [1.165, 1.54) is 57.6 Å². The molecule has 15 heavy (non-hydrogen) atoms. The van der Waals surface area contributed by atoms with Crippen LogP contribution in [0.25, 0.3) is 0 Å². The van der Waals surface area contributed by atoms with Crippen molar-refractivity contribution in [3.63, 3.8) is 0 Å². The van der Waals surface area contributed by atoms with Gasteiger partial charge in [-0.2, -0.15) is 11.8 Å². The summed E-state index contributed by atoms with van der Waals surface area (Å²) in [6.45, 7) is 7.34. The predicted molar refractivity (Wildman–Crippen MR) is 68.6 cm³/mol. The van der Waals surface area contributed by atoms with Gasteiger partial charge in [0.1, 0.15) is 0 Å². The lowest BCUT2D eigenvalue weighted by Crippen LogP contribution is -2.51. The molecule has 2 atom stereocenters. The number of hydrogen-bond donors (Lipinski definition) is 1. The Labute approximate surface area is 98.2 Å². The zero-order valence-corrected chi connectivity index (χ0v) is 10.7. The lowest BCUT2D eigenvalue weighted by Gasteiger charge is -2.36. The molecular formula is C12H24N2S. The summed E-state index contributed by atoms with van der Waals surface area (Å²) in [4.78, 5) is 2.67. The van der Waals surface area contributed by atoms with Crippen LogP contribution in [0.5, 0.6) is 0 Å². The number of nitrogens with one attached hydrogen (secondary N) is 1. The third kappa shape index (κ3) is 3.65. The first-order valence-electron chi connectivity index (χ1n) is 6.46. The van der Waals surface area contributed by atoms with Gasteiger partial charge in [-0.1, -0.05) is 13.3 Å². The maximum Gasteiger partial charge on any atom is 0.0192 e. The van der Waals surface area contributed by atoms with Gasteiger partial charge in [0.15, 0.2) is 0 Å². The van der Waals surface area contributed by atoms with Crippen LogP contribution < -0.4 is 5.32 Å². The minimum atomic E-state index is 0.743. The highest BCUT2D eigenvalue weighted by Gasteiger charge is 2.22. The molecule has 0 aromatic heterocycles. The summed E-state index contributed by atoms with van der Waals surface area (Å²) in [5.74, 6) is 1.40. The molecule has 2 nitrogen and oxygen atoms in total. The first-order valence-corrected chi connectivity index (χ1v) is 7.50. The number of piperazine rings is 1. The molecule has 3 heteroatoms. The van der Waals surface area contributed by atoms with E-state index < -0.39 is 0 Å². The van der Waals surface area contributed by atoms with Gasteiger partial charge >= 0.3 is 0 Å². The molecule has 2 rings (SSSR count). The molecule has 2 saturated heterocycles. The van der Waals surface area contributed by atoms with Crippen molar-refractivity contribution in [3.05, 3.63) is 0 Å². The van der Waals surface area contributed by atoms with Gasteiger partial charge in [-0.3, -0.25) is 4.90 Å². The van der Waals surface area contributed by atoms with Crippen molar-refractivity contribution in [3.8, 4) is 0 Å². The van der Waals surface area contributed by atoms with Gasteiger partial charge in [-0.25, -0.2) is 0 Å². The van der Waals surface area contributed by atoms with Crippen molar-refractivity contribution in [2.24, 2.45) is 0 Å². The molecular weight excluding hydrogens is 204 g/mol. The normalized spacial score (nSPS) is 34.2. The molecule has 2 aliphatic heterocycles. The number of thioether (sulfide) groups is 1. The highest BCUT2D eigenvalue weighted by molar-refractivity contribution is 7.99. The number of hydrogen-bond acceptors (Lipinski definition) is 3. The third-order valence-electron chi connectivity index (χ3n) is 3.57. The summed E-state index contributed by atoms with van der Waals surface area (Å²) in [5.41, 5.74) is 0. The van der Waals surface area contributed by atoms with E-state index in [-0.39, 0.29) is 0 Å². The van der Waals surface area contributed by atoms with Crippen LogP contribution >= 0.6 is 11.8 Å². The van der Waals surface area contributed by atoms with Crippen molar-refractivity contribution in [2.45, 2.75) is 43.9 Å². The Morgan fingerprint density at radius 1 is 1.40 bits per heavy atom. The molecule has 2 aliphatic rings. The van der Waals surface area contributed by atoms with Gasteiger partial charge in [0.2, 0.25) is 0 Å². The van der Waals surface area contributed by atoms with E-state index in [0.29, 0.717) is 0 Å². The van der Waals surface area contributed by atoms with E-state index in [4.69, 9.17) is 0 Å². The van der Waals surface area contributed by atoms with Gasteiger partial charge in [0.05, 0.1) is 0 Å². The van der Waals surface area contributed by atoms with Crippen molar-refractivity contribution in [1.82, 2.24) is 10.2 Å².